The Balaban J connectivity index is 0.000000596. The molecule has 3 rings (SSSR count). The van der Waals surface area contributed by atoms with Crippen LogP contribution in [0.1, 0.15) is 25.6 Å². The van der Waals surface area contributed by atoms with Crippen molar-refractivity contribution in [3.05, 3.63) is 30.1 Å². The molecule has 1 aromatic heterocycles. The van der Waals surface area contributed by atoms with Crippen LogP contribution >= 0.6 is 11.8 Å². The Kier molecular flexibility index (Phi) is 8.08. The number of ether oxygens (including phenoxy) is 1. The topological polar surface area (TPSA) is 110 Å². The molecule has 1 fully saturated rings. The van der Waals surface area contributed by atoms with Crippen molar-refractivity contribution in [2.24, 2.45) is 5.92 Å². The number of nitrogens with zero attached hydrogens (tertiary/aromatic N) is 3. The number of benzene rings is 1. The van der Waals surface area contributed by atoms with E-state index in [1.165, 1.54) is 0 Å². The monoisotopic (exact) mass is 394 g/mol. The number of hydrogen-bond donors (Lipinski definition) is 3. The maximum absolute atomic E-state index is 10.1. The van der Waals surface area contributed by atoms with Gasteiger partial charge in [-0.3, -0.25) is 9.36 Å². The lowest BCUT2D eigenvalue weighted by Crippen LogP contribution is -2.14. The molecule has 0 spiro atoms. The van der Waals surface area contributed by atoms with E-state index >= 15 is 0 Å². The van der Waals surface area contributed by atoms with Gasteiger partial charge in [0, 0.05) is 18.7 Å². The van der Waals surface area contributed by atoms with Gasteiger partial charge < -0.3 is 20.3 Å². The normalized spacial score (nSPS) is 14.2. The fourth-order valence-electron chi connectivity index (χ4n) is 2.45. The largest absolute Gasteiger partial charge is 0.497 e. The number of carbonyl (C=O) groups is 1. The highest BCUT2D eigenvalue weighted by molar-refractivity contribution is 7.99. The van der Waals surface area contributed by atoms with Gasteiger partial charge in [-0.2, -0.15) is 0 Å². The third-order valence-electron chi connectivity index (χ3n) is 3.90. The Morgan fingerprint density at radius 2 is 2.15 bits per heavy atom. The van der Waals surface area contributed by atoms with E-state index in [1.807, 2.05) is 35.9 Å². The second-order valence-corrected chi connectivity index (χ2v) is 7.19. The molecule has 0 amide bonds. The van der Waals surface area contributed by atoms with Crippen molar-refractivity contribution < 1.29 is 19.7 Å². The van der Waals surface area contributed by atoms with Crippen molar-refractivity contribution in [3.8, 4) is 11.4 Å². The third-order valence-corrected chi connectivity index (χ3v) is 4.93. The minimum absolute atomic E-state index is 0.261. The summed E-state index contributed by atoms with van der Waals surface area (Å²) < 4.78 is 7.33. The first-order valence-electron chi connectivity index (χ1n) is 8.70. The molecule has 0 aliphatic heterocycles. The van der Waals surface area contributed by atoms with Gasteiger partial charge in [-0.1, -0.05) is 17.8 Å². The van der Waals surface area contributed by atoms with E-state index in [0.717, 1.165) is 42.2 Å². The fourth-order valence-corrected chi connectivity index (χ4v) is 3.48. The summed E-state index contributed by atoms with van der Waals surface area (Å²) in [5.74, 6) is 1.91. The first-order chi connectivity index (χ1) is 13.0. The average molecular weight is 394 g/mol. The molecule has 2 aromatic rings. The van der Waals surface area contributed by atoms with Crippen LogP contribution in [-0.2, 0) is 11.3 Å². The zero-order valence-electron chi connectivity index (χ0n) is 15.8. The van der Waals surface area contributed by atoms with E-state index < -0.39 is 5.97 Å². The number of methoxy groups -OCH3 is 1. The summed E-state index contributed by atoms with van der Waals surface area (Å²) in [6, 6.07) is 7.83. The molecular formula is C18H26N4O4S. The fraction of sp³-hybridized carbons (Fsp3) is 0.500. The molecule has 1 unspecified atom stereocenters. The van der Waals surface area contributed by atoms with Crippen LogP contribution < -0.4 is 10.1 Å². The maximum atomic E-state index is 10.1. The number of hydrogen-bond acceptors (Lipinski definition) is 7. The second kappa shape index (κ2) is 10.3. The lowest BCUT2D eigenvalue weighted by molar-refractivity contribution is -0.134. The molecule has 1 heterocycles. The number of carboxylic acids is 1. The van der Waals surface area contributed by atoms with Crippen molar-refractivity contribution in [1.29, 1.82) is 0 Å². The molecule has 1 saturated carbocycles. The molecule has 9 heteroatoms. The molecule has 27 heavy (non-hydrogen) atoms. The average Bonchev–Trinajstić information content (AvgIpc) is 3.41. The Labute approximate surface area is 163 Å². The highest BCUT2D eigenvalue weighted by Gasteiger charge is 2.30. The minimum Gasteiger partial charge on any atom is -0.497 e. The lowest BCUT2D eigenvalue weighted by atomic mass is 10.3. The summed E-state index contributed by atoms with van der Waals surface area (Å²) in [5.41, 5.74) is 0.961. The van der Waals surface area contributed by atoms with Gasteiger partial charge in [-0.05, 0) is 37.9 Å². The number of carboxylic acid groups (broad SMARTS) is 1. The number of thioether (sulfide) groups is 1. The molecule has 0 saturated heterocycles. The van der Waals surface area contributed by atoms with Gasteiger partial charge in [0.05, 0.1) is 25.4 Å². The van der Waals surface area contributed by atoms with Crippen molar-refractivity contribution >= 4 is 17.7 Å². The summed E-state index contributed by atoms with van der Waals surface area (Å²) in [7, 11) is 3.54. The van der Waals surface area contributed by atoms with Crippen LogP contribution in [0.2, 0.25) is 0 Å². The number of aliphatic carboxylic acids is 1. The Hall–Kier alpha value is -2.10. The zero-order chi connectivity index (χ0) is 19.8. The first kappa shape index (κ1) is 21.2. The van der Waals surface area contributed by atoms with Crippen LogP contribution in [0.15, 0.2) is 29.4 Å². The molecule has 1 atom stereocenters. The smallest absolute Gasteiger partial charge is 0.300 e. The summed E-state index contributed by atoms with van der Waals surface area (Å²) in [5, 5.41) is 30.0. The van der Waals surface area contributed by atoms with Crippen molar-refractivity contribution in [1.82, 2.24) is 20.1 Å². The predicted molar refractivity (Wildman–Crippen MR) is 103 cm³/mol. The summed E-state index contributed by atoms with van der Waals surface area (Å²) in [4.78, 5) is 9.00. The highest BCUT2D eigenvalue weighted by atomic mass is 32.2. The number of rotatable bonds is 8. The van der Waals surface area contributed by atoms with Crippen LogP contribution in [0.25, 0.3) is 5.69 Å². The van der Waals surface area contributed by atoms with Gasteiger partial charge in [-0.15, -0.1) is 10.2 Å². The van der Waals surface area contributed by atoms with E-state index in [2.05, 4.69) is 15.5 Å². The number of aliphatic hydroxyl groups excluding tert-OH is 1. The van der Waals surface area contributed by atoms with Crippen molar-refractivity contribution in [3.63, 3.8) is 0 Å². The highest BCUT2D eigenvalue weighted by Crippen LogP contribution is 2.35. The van der Waals surface area contributed by atoms with E-state index in [0.29, 0.717) is 18.2 Å². The van der Waals surface area contributed by atoms with E-state index in [9.17, 15) is 5.11 Å². The van der Waals surface area contributed by atoms with Crippen molar-refractivity contribution in [2.75, 3.05) is 19.9 Å². The Morgan fingerprint density at radius 3 is 2.74 bits per heavy atom. The van der Waals surface area contributed by atoms with E-state index in [1.54, 1.807) is 18.9 Å². The molecular weight excluding hydrogens is 368 g/mol. The van der Waals surface area contributed by atoms with Crippen LogP contribution in [0.3, 0.4) is 0 Å². The van der Waals surface area contributed by atoms with E-state index in [-0.39, 0.29) is 6.10 Å². The molecule has 3 N–H and O–H groups in total. The number of aliphatic hydroxyl groups is 1. The summed E-state index contributed by atoms with van der Waals surface area (Å²) in [6.45, 7) is 1.70. The molecule has 148 valence electrons. The molecule has 1 aliphatic rings. The number of aromatic nitrogens is 3. The Morgan fingerprint density at radius 1 is 1.44 bits per heavy atom. The minimum atomic E-state index is -0.833. The van der Waals surface area contributed by atoms with Crippen LogP contribution in [-0.4, -0.2) is 57.0 Å². The predicted octanol–water partition coefficient (Wildman–Crippen LogP) is 1.95. The number of nitrogens with one attached hydrogen (secondary N) is 1. The standard InChI is InChI=1S/C16H22N4O2S.C2H4O2/c1-17-9-15-18-19-16(23-10-14(21)11-6-7-11)20(15)12-4-3-5-13(8-12)22-2;1-2(3)4/h3-5,8,11,14,17,21H,6-7,9-10H2,1-2H3;1H3,(H,3,4). The molecule has 1 aliphatic carbocycles. The van der Waals surface area contributed by atoms with Gasteiger partial charge in [0.15, 0.2) is 11.0 Å². The maximum Gasteiger partial charge on any atom is 0.300 e. The second-order valence-electron chi connectivity index (χ2n) is 6.20. The quantitative estimate of drug-likeness (QED) is 0.583. The lowest BCUT2D eigenvalue weighted by Gasteiger charge is -2.12. The van der Waals surface area contributed by atoms with Gasteiger partial charge in [-0.25, -0.2) is 0 Å². The first-order valence-corrected chi connectivity index (χ1v) is 9.68. The third kappa shape index (κ3) is 6.53. The SMILES string of the molecule is CC(=O)O.CNCc1nnc(SCC(O)C2CC2)n1-c1cccc(OC)c1. The van der Waals surface area contributed by atoms with Crippen LogP contribution in [0.5, 0.6) is 5.75 Å². The molecule has 1 aromatic carbocycles. The van der Waals surface area contributed by atoms with Gasteiger partial charge in [0.2, 0.25) is 0 Å². The van der Waals surface area contributed by atoms with Crippen molar-refractivity contribution in [2.45, 2.75) is 37.6 Å². The van der Waals surface area contributed by atoms with Gasteiger partial charge >= 0.3 is 0 Å². The van der Waals surface area contributed by atoms with Crippen LogP contribution in [0, 0.1) is 5.92 Å². The molecule has 0 radical (unpaired) electrons. The van der Waals surface area contributed by atoms with Crippen LogP contribution in [0.4, 0.5) is 0 Å². The van der Waals surface area contributed by atoms with Gasteiger partial charge in [0.1, 0.15) is 5.75 Å². The zero-order valence-corrected chi connectivity index (χ0v) is 16.6. The van der Waals surface area contributed by atoms with E-state index in [4.69, 9.17) is 14.6 Å². The summed E-state index contributed by atoms with van der Waals surface area (Å²) in [6.07, 6.45) is 2.01. The van der Waals surface area contributed by atoms with Gasteiger partial charge in [0.25, 0.3) is 5.97 Å². The Bertz CT molecular complexity index is 745. The molecule has 0 bridgehead atoms. The summed E-state index contributed by atoms with van der Waals surface area (Å²) >= 11 is 1.55. The molecule has 8 nitrogen and oxygen atoms in total.